The zero-order valence-corrected chi connectivity index (χ0v) is 37.2. The highest BCUT2D eigenvalue weighted by molar-refractivity contribution is 6.12. The lowest BCUT2D eigenvalue weighted by atomic mass is 9.70. The Labute approximate surface area is 394 Å². The minimum absolute atomic E-state index is 0.0417. The smallest absolute Gasteiger partial charge is 0.142 e. The fraction of sp³-hybridized carbons (Fsp3) is 0.0769. The average molecular weight is 870 g/mol. The number of nitrogens with zero attached hydrogens (tertiary/aromatic N) is 1. The van der Waals surface area contributed by atoms with E-state index >= 15 is 0 Å². The Morgan fingerprint density at radius 1 is 0.471 bits per heavy atom. The van der Waals surface area contributed by atoms with Crippen LogP contribution in [0.2, 0.25) is 0 Å². The van der Waals surface area contributed by atoms with Crippen LogP contribution in [0.4, 0.5) is 11.4 Å². The molecular formula is C65H43NO2. The van der Waals surface area contributed by atoms with Crippen molar-refractivity contribution in [3.63, 3.8) is 0 Å². The molecule has 0 N–H and O–H groups in total. The fourth-order valence-electron chi connectivity index (χ4n) is 12.7. The summed E-state index contributed by atoms with van der Waals surface area (Å²) in [6.45, 7) is 0. The van der Waals surface area contributed by atoms with Crippen molar-refractivity contribution in [1.82, 2.24) is 0 Å². The summed E-state index contributed by atoms with van der Waals surface area (Å²) in [7, 11) is 0. The van der Waals surface area contributed by atoms with Gasteiger partial charge in [-0.25, -0.2) is 0 Å². The third-order valence-electron chi connectivity index (χ3n) is 15.5. The number of rotatable bonds is 5. The first-order valence-corrected chi connectivity index (χ1v) is 24.0. The van der Waals surface area contributed by atoms with Crippen LogP contribution in [-0.4, -0.2) is 0 Å². The number of hydrogen-bond donors (Lipinski definition) is 0. The Morgan fingerprint density at radius 3 is 1.90 bits per heavy atom. The van der Waals surface area contributed by atoms with Gasteiger partial charge in [0.15, 0.2) is 0 Å². The molecule has 320 valence electrons. The van der Waals surface area contributed by atoms with Gasteiger partial charge in [0.2, 0.25) is 0 Å². The maximum Gasteiger partial charge on any atom is 0.142 e. The molecule has 0 amide bonds. The first kappa shape index (κ1) is 37.8. The maximum atomic E-state index is 7.11. The summed E-state index contributed by atoms with van der Waals surface area (Å²) >= 11 is 0. The van der Waals surface area contributed by atoms with Crippen LogP contribution in [-0.2, 0) is 5.41 Å². The van der Waals surface area contributed by atoms with Gasteiger partial charge in [-0.05, 0) is 128 Å². The predicted molar refractivity (Wildman–Crippen MR) is 280 cm³/mol. The first-order valence-electron chi connectivity index (χ1n) is 24.0. The van der Waals surface area contributed by atoms with Crippen molar-refractivity contribution in [2.45, 2.75) is 30.6 Å². The molecule has 0 saturated carbocycles. The van der Waals surface area contributed by atoms with E-state index in [1.165, 1.54) is 77.7 Å². The minimum Gasteiger partial charge on any atom is -0.459 e. The van der Waals surface area contributed by atoms with Gasteiger partial charge in [0.25, 0.3) is 0 Å². The van der Waals surface area contributed by atoms with E-state index < -0.39 is 5.41 Å². The quantitative estimate of drug-likeness (QED) is 0.173. The number of furan rings is 2. The maximum absolute atomic E-state index is 7.11. The van der Waals surface area contributed by atoms with E-state index in [4.69, 9.17) is 8.83 Å². The van der Waals surface area contributed by atoms with Crippen LogP contribution < -0.4 is 4.90 Å². The fourth-order valence-corrected chi connectivity index (χ4v) is 12.7. The SMILES string of the molecule is C1=CC(C2CC=Cc3c2oc2c3ccc3ccccc32)=C(N(c2ccc(-c3cccc4oc5ccccc5c34)cc2)c2ccc3c(c2)C2(c4ccccc4-c4ccccc42)c2ccccc2-3)CC1. The molecule has 9 aromatic carbocycles. The van der Waals surface area contributed by atoms with E-state index in [9.17, 15) is 0 Å². The van der Waals surface area contributed by atoms with E-state index in [2.05, 4.69) is 217 Å². The number of benzene rings is 9. The molecule has 1 atom stereocenters. The molecule has 4 aliphatic carbocycles. The van der Waals surface area contributed by atoms with Crippen molar-refractivity contribution >= 4 is 61.1 Å². The molecule has 4 aliphatic rings. The normalized spacial score (nSPS) is 16.1. The van der Waals surface area contributed by atoms with Gasteiger partial charge in [0.1, 0.15) is 22.5 Å². The lowest BCUT2D eigenvalue weighted by molar-refractivity contribution is 0.515. The second-order valence-electron chi connectivity index (χ2n) is 18.9. The highest BCUT2D eigenvalue weighted by atomic mass is 16.3. The van der Waals surface area contributed by atoms with E-state index in [1.54, 1.807) is 0 Å². The molecule has 1 unspecified atom stereocenters. The number of allylic oxidation sites excluding steroid dienone is 5. The molecule has 3 heteroatoms. The summed E-state index contributed by atoms with van der Waals surface area (Å²) in [6.07, 6.45) is 12.1. The van der Waals surface area contributed by atoms with Crippen LogP contribution in [0.5, 0.6) is 0 Å². The third-order valence-corrected chi connectivity index (χ3v) is 15.5. The van der Waals surface area contributed by atoms with Gasteiger partial charge < -0.3 is 13.7 Å². The van der Waals surface area contributed by atoms with Crippen molar-refractivity contribution in [1.29, 1.82) is 0 Å². The van der Waals surface area contributed by atoms with Crippen molar-refractivity contribution in [3.05, 3.63) is 257 Å². The highest BCUT2D eigenvalue weighted by Crippen LogP contribution is 2.63. The second kappa shape index (κ2) is 14.3. The summed E-state index contributed by atoms with van der Waals surface area (Å²) in [5, 5.41) is 5.81. The van der Waals surface area contributed by atoms with E-state index in [0.717, 1.165) is 74.9 Å². The van der Waals surface area contributed by atoms with Gasteiger partial charge in [0, 0.05) is 50.1 Å². The molecule has 0 radical (unpaired) electrons. The molecule has 1 spiro atoms. The average Bonchev–Trinajstić information content (AvgIpc) is 4.15. The number of para-hydroxylation sites is 1. The minimum atomic E-state index is -0.458. The highest BCUT2D eigenvalue weighted by Gasteiger charge is 2.51. The summed E-state index contributed by atoms with van der Waals surface area (Å²) in [4.78, 5) is 2.58. The first-order chi connectivity index (χ1) is 33.7. The lowest BCUT2D eigenvalue weighted by Crippen LogP contribution is -2.27. The molecular weight excluding hydrogens is 827 g/mol. The Bertz CT molecular complexity index is 3960. The summed E-state index contributed by atoms with van der Waals surface area (Å²) in [5.41, 5.74) is 21.3. The van der Waals surface area contributed by atoms with Gasteiger partial charge in [0.05, 0.1) is 5.41 Å². The Morgan fingerprint density at radius 2 is 1.12 bits per heavy atom. The van der Waals surface area contributed by atoms with Gasteiger partial charge in [-0.3, -0.25) is 0 Å². The van der Waals surface area contributed by atoms with E-state index in [1.807, 2.05) is 6.07 Å². The molecule has 68 heavy (non-hydrogen) atoms. The molecule has 0 bridgehead atoms. The molecule has 3 nitrogen and oxygen atoms in total. The van der Waals surface area contributed by atoms with Gasteiger partial charge in [-0.15, -0.1) is 0 Å². The van der Waals surface area contributed by atoms with Crippen LogP contribution in [0.15, 0.2) is 232 Å². The van der Waals surface area contributed by atoms with Crippen LogP contribution in [0.25, 0.3) is 83.1 Å². The van der Waals surface area contributed by atoms with Crippen LogP contribution in [0.1, 0.15) is 58.8 Å². The van der Waals surface area contributed by atoms with E-state index in [0.29, 0.717) is 0 Å². The second-order valence-corrected chi connectivity index (χ2v) is 18.9. The molecule has 15 rings (SSSR count). The van der Waals surface area contributed by atoms with Crippen LogP contribution in [0, 0.1) is 0 Å². The largest absolute Gasteiger partial charge is 0.459 e. The Hall–Kier alpha value is -8.40. The number of fused-ring (bicyclic) bond motifs is 18. The number of anilines is 2. The van der Waals surface area contributed by atoms with Gasteiger partial charge in [-0.1, -0.05) is 176 Å². The summed E-state index contributed by atoms with van der Waals surface area (Å²) in [6, 6.07) is 71.7. The molecule has 0 saturated heterocycles. The topological polar surface area (TPSA) is 29.5 Å². The summed E-state index contributed by atoms with van der Waals surface area (Å²) in [5.74, 6) is 1.09. The summed E-state index contributed by atoms with van der Waals surface area (Å²) < 4.78 is 13.5. The van der Waals surface area contributed by atoms with Crippen molar-refractivity contribution in [2.24, 2.45) is 0 Å². The van der Waals surface area contributed by atoms with Gasteiger partial charge in [-0.2, -0.15) is 0 Å². The zero-order chi connectivity index (χ0) is 44.5. The molecule has 2 heterocycles. The zero-order valence-electron chi connectivity index (χ0n) is 37.2. The van der Waals surface area contributed by atoms with E-state index in [-0.39, 0.29) is 5.92 Å². The van der Waals surface area contributed by atoms with Crippen molar-refractivity contribution in [2.75, 3.05) is 4.90 Å². The Kier molecular flexibility index (Phi) is 7.95. The standard InChI is InChI=1S/C65H43NO2/c1-2-16-45-40(15-1)33-37-53-52-24-13-23-51(64(52)68-63(45)53)50-20-6-11-28-59(50)66(42-34-31-41(32-35-42)44-22-14-30-61-62(44)54-21-7-12-29-60(54)67-61)43-36-38-49-48-19-5-10-27-57(48)65(58(49)39-43)55-25-8-3-17-46(55)47-18-4-9-26-56(47)65/h1-10,12-22,24-27,29-39,51H,11,23,28H2. The van der Waals surface area contributed by atoms with Crippen LogP contribution in [0.3, 0.4) is 0 Å². The lowest BCUT2D eigenvalue weighted by Gasteiger charge is -2.35. The molecule has 0 fully saturated rings. The van der Waals surface area contributed by atoms with Crippen molar-refractivity contribution in [3.8, 4) is 33.4 Å². The van der Waals surface area contributed by atoms with Crippen LogP contribution >= 0.6 is 0 Å². The number of hydrogen-bond acceptors (Lipinski definition) is 3. The third kappa shape index (κ3) is 5.13. The molecule has 11 aromatic rings. The monoisotopic (exact) mass is 869 g/mol. The molecule has 2 aromatic heterocycles. The predicted octanol–water partition coefficient (Wildman–Crippen LogP) is 17.4. The Balaban J connectivity index is 0.961. The van der Waals surface area contributed by atoms with Gasteiger partial charge >= 0.3 is 0 Å². The van der Waals surface area contributed by atoms with Crippen molar-refractivity contribution < 1.29 is 8.83 Å². The molecule has 0 aliphatic heterocycles.